The average molecular weight is 452 g/mol. The van der Waals surface area contributed by atoms with Crippen molar-refractivity contribution in [2.24, 2.45) is 5.73 Å². The summed E-state index contributed by atoms with van der Waals surface area (Å²) in [5, 5.41) is 9.74. The molecular formula is C25H25FN2O5. The Morgan fingerprint density at radius 1 is 1.12 bits per heavy atom. The summed E-state index contributed by atoms with van der Waals surface area (Å²) in [7, 11) is 0. The number of carbonyl (C=O) groups is 1. The number of hydrogen-bond donors (Lipinski definition) is 1. The van der Waals surface area contributed by atoms with Gasteiger partial charge in [-0.15, -0.1) is 0 Å². The molecule has 0 bridgehead atoms. The Morgan fingerprint density at radius 2 is 1.85 bits per heavy atom. The van der Waals surface area contributed by atoms with Gasteiger partial charge in [0.05, 0.1) is 24.7 Å². The SMILES string of the molecule is CCOC(=O)C1=C(C)OC(N)=C(C#N)C1c1ccc(OCc2ccc(F)cc2)c(OCC)c1. The van der Waals surface area contributed by atoms with Gasteiger partial charge in [0.1, 0.15) is 29.8 Å². The Hall–Kier alpha value is -3.99. The fourth-order valence-electron chi connectivity index (χ4n) is 3.52. The van der Waals surface area contributed by atoms with Gasteiger partial charge in [0.15, 0.2) is 11.5 Å². The van der Waals surface area contributed by atoms with E-state index >= 15 is 0 Å². The predicted molar refractivity (Wildman–Crippen MR) is 118 cm³/mol. The smallest absolute Gasteiger partial charge is 0.338 e. The van der Waals surface area contributed by atoms with Gasteiger partial charge in [0.2, 0.25) is 5.88 Å². The summed E-state index contributed by atoms with van der Waals surface area (Å²) in [5.41, 5.74) is 7.65. The lowest BCUT2D eigenvalue weighted by atomic mass is 9.83. The van der Waals surface area contributed by atoms with E-state index in [1.807, 2.05) is 6.92 Å². The second kappa shape index (κ2) is 10.6. The van der Waals surface area contributed by atoms with Gasteiger partial charge in [-0.1, -0.05) is 18.2 Å². The van der Waals surface area contributed by atoms with Crippen molar-refractivity contribution in [1.29, 1.82) is 5.26 Å². The van der Waals surface area contributed by atoms with Crippen LogP contribution in [0, 0.1) is 17.1 Å². The Labute approximate surface area is 191 Å². The fraction of sp³-hybridized carbons (Fsp3) is 0.280. The zero-order valence-corrected chi connectivity index (χ0v) is 18.7. The lowest BCUT2D eigenvalue weighted by molar-refractivity contribution is -0.139. The Kier molecular flexibility index (Phi) is 7.57. The van der Waals surface area contributed by atoms with Crippen LogP contribution in [-0.4, -0.2) is 19.2 Å². The first-order valence-corrected chi connectivity index (χ1v) is 10.5. The van der Waals surface area contributed by atoms with Crippen molar-refractivity contribution in [2.45, 2.75) is 33.3 Å². The number of ether oxygens (including phenoxy) is 4. The molecule has 8 heteroatoms. The summed E-state index contributed by atoms with van der Waals surface area (Å²) in [6.07, 6.45) is 0. The summed E-state index contributed by atoms with van der Waals surface area (Å²) in [4.78, 5) is 12.7. The molecule has 7 nitrogen and oxygen atoms in total. The molecule has 1 atom stereocenters. The van der Waals surface area contributed by atoms with E-state index in [-0.39, 0.29) is 41.8 Å². The van der Waals surface area contributed by atoms with Gasteiger partial charge in [0, 0.05) is 0 Å². The van der Waals surface area contributed by atoms with Crippen molar-refractivity contribution in [2.75, 3.05) is 13.2 Å². The first kappa shape index (κ1) is 23.7. The van der Waals surface area contributed by atoms with Crippen LogP contribution >= 0.6 is 0 Å². The first-order chi connectivity index (χ1) is 15.9. The molecule has 2 aromatic carbocycles. The normalized spacial score (nSPS) is 15.5. The molecule has 33 heavy (non-hydrogen) atoms. The topological polar surface area (TPSA) is 104 Å². The number of halogens is 1. The molecule has 2 N–H and O–H groups in total. The van der Waals surface area contributed by atoms with Crippen molar-refractivity contribution in [1.82, 2.24) is 0 Å². The number of nitrogens with two attached hydrogens (primary N) is 1. The molecule has 0 aromatic heterocycles. The summed E-state index contributed by atoms with van der Waals surface area (Å²) < 4.78 is 35.4. The van der Waals surface area contributed by atoms with Gasteiger partial charge in [0.25, 0.3) is 0 Å². The van der Waals surface area contributed by atoms with Crippen molar-refractivity contribution in [3.05, 3.63) is 82.2 Å². The number of benzene rings is 2. The number of carbonyl (C=O) groups excluding carboxylic acids is 1. The third-order valence-corrected chi connectivity index (χ3v) is 5.01. The fourth-order valence-corrected chi connectivity index (χ4v) is 3.52. The van der Waals surface area contributed by atoms with Gasteiger partial charge in [-0.05, 0) is 56.2 Å². The standard InChI is InChI=1S/C25H25FN2O5/c1-4-30-21-12-17(8-11-20(21)32-14-16-6-9-18(26)10-7-16)23-19(13-27)24(28)33-15(3)22(23)25(29)31-5-2/h6-12,23H,4-5,14,28H2,1-3H3. The van der Waals surface area contributed by atoms with Gasteiger partial charge in [-0.25, -0.2) is 9.18 Å². The molecule has 0 fully saturated rings. The Balaban J connectivity index is 1.99. The van der Waals surface area contributed by atoms with Gasteiger partial charge < -0.3 is 24.7 Å². The van der Waals surface area contributed by atoms with Crippen LogP contribution in [-0.2, 0) is 20.9 Å². The lowest BCUT2D eigenvalue weighted by Crippen LogP contribution is -2.25. The molecule has 0 saturated heterocycles. The van der Waals surface area contributed by atoms with Crippen LogP contribution in [0.5, 0.6) is 11.5 Å². The summed E-state index contributed by atoms with van der Waals surface area (Å²) >= 11 is 0. The minimum Gasteiger partial charge on any atom is -0.490 e. The second-order valence-corrected chi connectivity index (χ2v) is 7.17. The number of rotatable bonds is 8. The first-order valence-electron chi connectivity index (χ1n) is 10.5. The highest BCUT2D eigenvalue weighted by Gasteiger charge is 2.36. The van der Waals surface area contributed by atoms with E-state index < -0.39 is 11.9 Å². The van der Waals surface area contributed by atoms with Crippen LogP contribution in [0.15, 0.2) is 65.3 Å². The summed E-state index contributed by atoms with van der Waals surface area (Å²) in [5.74, 6) is -0.600. The number of nitriles is 1. The van der Waals surface area contributed by atoms with E-state index in [1.165, 1.54) is 12.1 Å². The molecule has 172 valence electrons. The van der Waals surface area contributed by atoms with Gasteiger partial charge in [-0.2, -0.15) is 5.26 Å². The molecule has 1 aliphatic rings. The molecular weight excluding hydrogens is 427 g/mol. The third-order valence-electron chi connectivity index (χ3n) is 5.01. The minimum atomic E-state index is -0.784. The summed E-state index contributed by atoms with van der Waals surface area (Å²) in [6.45, 7) is 5.88. The quantitative estimate of drug-likeness (QED) is 0.590. The highest BCUT2D eigenvalue weighted by atomic mass is 19.1. The number of hydrogen-bond acceptors (Lipinski definition) is 7. The molecule has 3 rings (SSSR count). The van der Waals surface area contributed by atoms with Crippen LogP contribution in [0.25, 0.3) is 0 Å². The molecule has 1 aliphatic heterocycles. The number of nitrogens with zero attached hydrogens (tertiary/aromatic N) is 1. The Bertz CT molecular complexity index is 1130. The van der Waals surface area contributed by atoms with Crippen LogP contribution in [0.4, 0.5) is 4.39 Å². The van der Waals surface area contributed by atoms with Crippen molar-refractivity contribution in [3.8, 4) is 17.6 Å². The van der Waals surface area contributed by atoms with Crippen LogP contribution in [0.2, 0.25) is 0 Å². The minimum absolute atomic E-state index is 0.0670. The zero-order chi connectivity index (χ0) is 24.0. The van der Waals surface area contributed by atoms with Crippen molar-refractivity contribution < 1.29 is 28.1 Å². The third kappa shape index (κ3) is 5.26. The summed E-state index contributed by atoms with van der Waals surface area (Å²) in [6, 6.07) is 13.2. The zero-order valence-electron chi connectivity index (χ0n) is 18.7. The number of esters is 1. The van der Waals surface area contributed by atoms with Crippen LogP contribution < -0.4 is 15.2 Å². The lowest BCUT2D eigenvalue weighted by Gasteiger charge is -2.27. The van der Waals surface area contributed by atoms with Crippen LogP contribution in [0.1, 0.15) is 37.8 Å². The predicted octanol–water partition coefficient (Wildman–Crippen LogP) is 4.45. The maximum Gasteiger partial charge on any atom is 0.338 e. The number of allylic oxidation sites excluding steroid dienone is 2. The molecule has 0 radical (unpaired) electrons. The molecule has 0 aliphatic carbocycles. The Morgan fingerprint density at radius 3 is 2.48 bits per heavy atom. The molecule has 0 amide bonds. The maximum atomic E-state index is 13.1. The van der Waals surface area contributed by atoms with E-state index in [2.05, 4.69) is 6.07 Å². The second-order valence-electron chi connectivity index (χ2n) is 7.17. The van der Waals surface area contributed by atoms with Gasteiger partial charge in [-0.3, -0.25) is 0 Å². The average Bonchev–Trinajstić information content (AvgIpc) is 2.79. The highest BCUT2D eigenvalue weighted by Crippen LogP contribution is 2.42. The highest BCUT2D eigenvalue weighted by molar-refractivity contribution is 5.92. The van der Waals surface area contributed by atoms with E-state index in [9.17, 15) is 14.4 Å². The molecule has 1 unspecified atom stereocenters. The molecule has 0 saturated carbocycles. The van der Waals surface area contributed by atoms with E-state index in [0.29, 0.717) is 23.7 Å². The van der Waals surface area contributed by atoms with E-state index in [0.717, 1.165) is 5.56 Å². The van der Waals surface area contributed by atoms with E-state index in [4.69, 9.17) is 24.7 Å². The molecule has 1 heterocycles. The van der Waals surface area contributed by atoms with Crippen molar-refractivity contribution in [3.63, 3.8) is 0 Å². The molecule has 0 spiro atoms. The van der Waals surface area contributed by atoms with Crippen LogP contribution in [0.3, 0.4) is 0 Å². The monoisotopic (exact) mass is 452 g/mol. The largest absolute Gasteiger partial charge is 0.490 e. The van der Waals surface area contributed by atoms with Gasteiger partial charge >= 0.3 is 5.97 Å². The molecule has 2 aromatic rings. The van der Waals surface area contributed by atoms with Crippen molar-refractivity contribution >= 4 is 5.97 Å². The maximum absolute atomic E-state index is 13.1. The van der Waals surface area contributed by atoms with E-state index in [1.54, 1.807) is 44.2 Å².